The highest BCUT2D eigenvalue weighted by Crippen LogP contribution is 2.29. The van der Waals surface area contributed by atoms with Crippen molar-refractivity contribution in [2.24, 2.45) is 0 Å². The van der Waals surface area contributed by atoms with Gasteiger partial charge in [-0.25, -0.2) is 0 Å². The number of phenols is 1. The van der Waals surface area contributed by atoms with Gasteiger partial charge in [-0.1, -0.05) is 6.07 Å². The second kappa shape index (κ2) is 6.08. The molecule has 2 aromatic rings. The zero-order valence-corrected chi connectivity index (χ0v) is 12.5. The Kier molecular flexibility index (Phi) is 4.44. The molecule has 0 unspecified atom stereocenters. The van der Waals surface area contributed by atoms with E-state index in [1.807, 2.05) is 11.4 Å². The third kappa shape index (κ3) is 3.27. The summed E-state index contributed by atoms with van der Waals surface area (Å²) in [5, 5.41) is 14.6. The summed E-state index contributed by atoms with van der Waals surface area (Å²) in [5.74, 6) is -0.192. The lowest BCUT2D eigenvalue weighted by Gasteiger charge is -2.08. The Bertz CT molecular complexity index is 597. The van der Waals surface area contributed by atoms with Gasteiger partial charge < -0.3 is 15.2 Å². The van der Waals surface area contributed by atoms with Gasteiger partial charge >= 0.3 is 0 Å². The molecule has 0 fully saturated rings. The maximum atomic E-state index is 12.0. The molecular formula is C13H12BrNO3S. The van der Waals surface area contributed by atoms with Crippen LogP contribution in [0.3, 0.4) is 0 Å². The van der Waals surface area contributed by atoms with Crippen molar-refractivity contribution < 1.29 is 14.6 Å². The van der Waals surface area contributed by atoms with E-state index in [-0.39, 0.29) is 23.0 Å². The molecule has 0 atom stereocenters. The maximum Gasteiger partial charge on any atom is 0.255 e. The molecule has 1 heterocycles. The van der Waals surface area contributed by atoms with Crippen LogP contribution in [0.1, 0.15) is 15.2 Å². The highest BCUT2D eigenvalue weighted by Gasteiger charge is 2.14. The molecular weight excluding hydrogens is 330 g/mol. The SMILES string of the molecule is COc1cccc(C(=O)NCc2cc(Br)cs2)c1O. The van der Waals surface area contributed by atoms with Crippen LogP contribution in [0.2, 0.25) is 0 Å². The number of methoxy groups -OCH3 is 1. The van der Waals surface area contributed by atoms with Crippen molar-refractivity contribution in [3.05, 3.63) is 44.6 Å². The summed E-state index contributed by atoms with van der Waals surface area (Å²) in [5.41, 5.74) is 0.204. The van der Waals surface area contributed by atoms with E-state index in [0.717, 1.165) is 9.35 Å². The average molecular weight is 342 g/mol. The Hall–Kier alpha value is -1.53. The Labute approximate surface area is 123 Å². The standard InChI is InChI=1S/C13H12BrNO3S/c1-18-11-4-2-3-10(12(11)16)13(17)15-6-9-5-8(14)7-19-9/h2-5,7,16H,6H2,1H3,(H,15,17). The van der Waals surface area contributed by atoms with Crippen molar-refractivity contribution in [3.8, 4) is 11.5 Å². The Morgan fingerprint density at radius 1 is 1.53 bits per heavy atom. The maximum absolute atomic E-state index is 12.0. The van der Waals surface area contributed by atoms with E-state index in [2.05, 4.69) is 21.2 Å². The first-order valence-corrected chi connectivity index (χ1v) is 7.16. The molecule has 0 saturated carbocycles. The first kappa shape index (κ1) is 13.9. The van der Waals surface area contributed by atoms with E-state index in [1.54, 1.807) is 29.5 Å². The summed E-state index contributed by atoms with van der Waals surface area (Å²) in [7, 11) is 1.44. The molecule has 4 nitrogen and oxygen atoms in total. The van der Waals surface area contributed by atoms with Crippen molar-refractivity contribution in [2.45, 2.75) is 6.54 Å². The second-order valence-corrected chi connectivity index (χ2v) is 5.68. The number of nitrogens with one attached hydrogen (secondary N) is 1. The van der Waals surface area contributed by atoms with Crippen LogP contribution in [0.4, 0.5) is 0 Å². The fourth-order valence-corrected chi connectivity index (χ4v) is 2.97. The number of rotatable bonds is 4. The summed E-state index contributed by atoms with van der Waals surface area (Å²) in [6.45, 7) is 0.422. The fourth-order valence-electron chi connectivity index (χ4n) is 1.58. The lowest BCUT2D eigenvalue weighted by Crippen LogP contribution is -2.22. The number of carbonyl (C=O) groups is 1. The van der Waals surface area contributed by atoms with Crippen LogP contribution in [0, 0.1) is 0 Å². The number of thiophene rings is 1. The number of ether oxygens (including phenoxy) is 1. The summed E-state index contributed by atoms with van der Waals surface area (Å²) in [4.78, 5) is 13.0. The minimum atomic E-state index is -0.332. The number of aromatic hydroxyl groups is 1. The van der Waals surface area contributed by atoms with Crippen LogP contribution >= 0.6 is 27.3 Å². The van der Waals surface area contributed by atoms with E-state index in [0.29, 0.717) is 6.54 Å². The number of para-hydroxylation sites is 1. The van der Waals surface area contributed by atoms with Gasteiger partial charge in [0.15, 0.2) is 11.5 Å². The molecule has 1 aromatic carbocycles. The number of hydrogen-bond acceptors (Lipinski definition) is 4. The van der Waals surface area contributed by atoms with Gasteiger partial charge in [-0.3, -0.25) is 4.79 Å². The third-order valence-corrected chi connectivity index (χ3v) is 4.21. The minimum Gasteiger partial charge on any atom is -0.504 e. The molecule has 1 aromatic heterocycles. The molecule has 0 spiro atoms. The monoisotopic (exact) mass is 341 g/mol. The molecule has 2 rings (SSSR count). The molecule has 19 heavy (non-hydrogen) atoms. The van der Waals surface area contributed by atoms with Crippen molar-refractivity contribution in [1.82, 2.24) is 5.32 Å². The number of benzene rings is 1. The third-order valence-electron chi connectivity index (χ3n) is 2.51. The molecule has 100 valence electrons. The van der Waals surface area contributed by atoms with Crippen molar-refractivity contribution in [2.75, 3.05) is 7.11 Å². The molecule has 0 bridgehead atoms. The lowest BCUT2D eigenvalue weighted by atomic mass is 10.1. The highest BCUT2D eigenvalue weighted by molar-refractivity contribution is 9.10. The fraction of sp³-hybridized carbons (Fsp3) is 0.154. The summed E-state index contributed by atoms with van der Waals surface area (Å²) in [6.07, 6.45) is 0. The number of carbonyl (C=O) groups excluding carboxylic acids is 1. The Morgan fingerprint density at radius 2 is 2.32 bits per heavy atom. The van der Waals surface area contributed by atoms with Crippen LogP contribution in [0.15, 0.2) is 34.1 Å². The van der Waals surface area contributed by atoms with Gasteiger partial charge in [-0.15, -0.1) is 11.3 Å². The highest BCUT2D eigenvalue weighted by atomic mass is 79.9. The number of hydrogen-bond donors (Lipinski definition) is 2. The van der Waals surface area contributed by atoms with E-state index in [1.165, 1.54) is 7.11 Å². The van der Waals surface area contributed by atoms with E-state index in [9.17, 15) is 9.90 Å². The predicted octanol–water partition coefficient (Wildman–Crippen LogP) is 3.15. The minimum absolute atomic E-state index is 0.144. The van der Waals surface area contributed by atoms with Gasteiger partial charge in [-0.05, 0) is 34.1 Å². The summed E-state index contributed by atoms with van der Waals surface area (Å²) < 4.78 is 5.96. The van der Waals surface area contributed by atoms with Crippen LogP contribution in [0.25, 0.3) is 0 Å². The van der Waals surface area contributed by atoms with Gasteiger partial charge in [0, 0.05) is 14.7 Å². The average Bonchev–Trinajstić information content (AvgIpc) is 2.82. The van der Waals surface area contributed by atoms with Gasteiger partial charge in [-0.2, -0.15) is 0 Å². The van der Waals surface area contributed by atoms with Crippen molar-refractivity contribution >= 4 is 33.2 Å². The molecule has 0 radical (unpaired) electrons. The summed E-state index contributed by atoms with van der Waals surface area (Å²) >= 11 is 4.91. The van der Waals surface area contributed by atoms with E-state index < -0.39 is 0 Å². The summed E-state index contributed by atoms with van der Waals surface area (Å²) in [6, 6.07) is 6.76. The first-order chi connectivity index (χ1) is 9.11. The largest absolute Gasteiger partial charge is 0.504 e. The topological polar surface area (TPSA) is 58.6 Å². The first-order valence-electron chi connectivity index (χ1n) is 5.49. The lowest BCUT2D eigenvalue weighted by molar-refractivity contribution is 0.0948. The van der Waals surface area contributed by atoms with Gasteiger partial charge in [0.1, 0.15) is 0 Å². The Morgan fingerprint density at radius 3 is 2.95 bits per heavy atom. The van der Waals surface area contributed by atoms with Crippen LogP contribution in [-0.4, -0.2) is 18.1 Å². The molecule has 0 aliphatic heterocycles. The van der Waals surface area contributed by atoms with Gasteiger partial charge in [0.05, 0.1) is 19.2 Å². The van der Waals surface area contributed by atoms with Gasteiger partial charge in [0.25, 0.3) is 5.91 Å². The smallest absolute Gasteiger partial charge is 0.255 e. The van der Waals surface area contributed by atoms with E-state index >= 15 is 0 Å². The normalized spacial score (nSPS) is 10.2. The zero-order valence-electron chi connectivity index (χ0n) is 10.1. The molecule has 6 heteroatoms. The van der Waals surface area contributed by atoms with E-state index in [4.69, 9.17) is 4.74 Å². The van der Waals surface area contributed by atoms with Crippen LogP contribution in [-0.2, 0) is 6.54 Å². The molecule has 2 N–H and O–H groups in total. The molecule has 0 saturated heterocycles. The zero-order chi connectivity index (χ0) is 13.8. The van der Waals surface area contributed by atoms with Crippen molar-refractivity contribution in [3.63, 3.8) is 0 Å². The molecule has 0 aliphatic rings. The quantitative estimate of drug-likeness (QED) is 0.897. The van der Waals surface area contributed by atoms with Gasteiger partial charge in [0.2, 0.25) is 0 Å². The van der Waals surface area contributed by atoms with Crippen molar-refractivity contribution in [1.29, 1.82) is 0 Å². The number of phenolic OH excluding ortho intramolecular Hbond substituents is 1. The Balaban J connectivity index is 2.08. The molecule has 1 amide bonds. The number of halogens is 1. The van der Waals surface area contributed by atoms with Crippen LogP contribution in [0.5, 0.6) is 11.5 Å². The predicted molar refractivity (Wildman–Crippen MR) is 77.8 cm³/mol. The number of amides is 1. The second-order valence-electron chi connectivity index (χ2n) is 3.77. The van der Waals surface area contributed by atoms with Crippen LogP contribution < -0.4 is 10.1 Å². The molecule has 0 aliphatic carbocycles.